The van der Waals surface area contributed by atoms with E-state index < -0.39 is 0 Å². The number of hydrogen-bond acceptors (Lipinski definition) is 2. The lowest BCUT2D eigenvalue weighted by Gasteiger charge is -2.36. The monoisotopic (exact) mass is 416 g/mol. The molecule has 5 rings (SSSR count). The Bertz CT molecular complexity index is 1090. The molecule has 0 saturated heterocycles. The van der Waals surface area contributed by atoms with E-state index in [0.29, 0.717) is 0 Å². The van der Waals surface area contributed by atoms with Crippen molar-refractivity contribution in [2.75, 3.05) is 11.9 Å². The van der Waals surface area contributed by atoms with Gasteiger partial charge in [0.25, 0.3) is 0 Å². The Kier molecular flexibility index (Phi) is 5.11. The molecule has 0 radical (unpaired) electrons. The number of amides is 2. The van der Waals surface area contributed by atoms with Crippen molar-refractivity contribution in [2.45, 2.75) is 52.0 Å². The summed E-state index contributed by atoms with van der Waals surface area (Å²) >= 11 is 1.95. The van der Waals surface area contributed by atoms with Crippen LogP contribution in [0, 0.1) is 13.8 Å². The maximum Gasteiger partial charge on any atom is 0.322 e. The van der Waals surface area contributed by atoms with Gasteiger partial charge in [-0.05, 0) is 74.3 Å². The van der Waals surface area contributed by atoms with Crippen molar-refractivity contribution < 1.29 is 4.79 Å². The number of urea groups is 1. The summed E-state index contributed by atoms with van der Waals surface area (Å²) in [6, 6.07) is 16.7. The summed E-state index contributed by atoms with van der Waals surface area (Å²) < 4.78 is 0. The topological polar surface area (TPSA) is 32.3 Å². The number of fused-ring (bicyclic) bond motifs is 3. The number of carbonyl (C=O) groups is 1. The lowest BCUT2D eigenvalue weighted by atomic mass is 9.88. The Morgan fingerprint density at radius 2 is 1.80 bits per heavy atom. The zero-order valence-electron chi connectivity index (χ0n) is 17.7. The van der Waals surface area contributed by atoms with Gasteiger partial charge in [0.2, 0.25) is 0 Å². The Morgan fingerprint density at radius 3 is 2.60 bits per heavy atom. The molecule has 4 heteroatoms. The van der Waals surface area contributed by atoms with E-state index in [1.54, 1.807) is 10.4 Å². The zero-order valence-corrected chi connectivity index (χ0v) is 18.5. The smallest absolute Gasteiger partial charge is 0.312 e. The van der Waals surface area contributed by atoms with Crippen LogP contribution in [0.4, 0.5) is 10.5 Å². The molecule has 1 aromatic heterocycles. The summed E-state index contributed by atoms with van der Waals surface area (Å²) in [5.74, 6) is 0. The predicted octanol–water partition coefficient (Wildman–Crippen LogP) is 6.42. The second kappa shape index (κ2) is 7.92. The van der Waals surface area contributed by atoms with Gasteiger partial charge in [-0.2, -0.15) is 0 Å². The lowest BCUT2D eigenvalue weighted by molar-refractivity contribution is 0.195. The Hall–Kier alpha value is -2.59. The lowest BCUT2D eigenvalue weighted by Crippen LogP contribution is -2.42. The van der Waals surface area contributed by atoms with Crippen LogP contribution in [0.15, 0.2) is 48.5 Å². The number of nitrogens with one attached hydrogen (secondary N) is 1. The van der Waals surface area contributed by atoms with E-state index in [1.165, 1.54) is 47.3 Å². The van der Waals surface area contributed by atoms with E-state index in [9.17, 15) is 4.79 Å². The molecule has 0 saturated carbocycles. The van der Waals surface area contributed by atoms with Crippen molar-refractivity contribution >= 4 is 23.1 Å². The first kappa shape index (κ1) is 19.4. The molecule has 1 aliphatic carbocycles. The first-order valence-corrected chi connectivity index (χ1v) is 11.8. The third-order valence-corrected chi connectivity index (χ3v) is 7.86. The summed E-state index contributed by atoms with van der Waals surface area (Å²) in [5.41, 5.74) is 7.53. The molecule has 1 atom stereocenters. The first-order chi connectivity index (χ1) is 14.6. The number of carbonyl (C=O) groups excluding carboxylic acids is 1. The highest BCUT2D eigenvalue weighted by atomic mass is 32.1. The van der Waals surface area contributed by atoms with Gasteiger partial charge < -0.3 is 10.2 Å². The molecule has 1 unspecified atom stereocenters. The fourth-order valence-electron chi connectivity index (χ4n) is 4.98. The molecule has 2 aromatic carbocycles. The fourth-order valence-corrected chi connectivity index (χ4v) is 6.56. The van der Waals surface area contributed by atoms with Gasteiger partial charge >= 0.3 is 6.03 Å². The van der Waals surface area contributed by atoms with Crippen LogP contribution in [0.3, 0.4) is 0 Å². The minimum Gasteiger partial charge on any atom is -0.312 e. The van der Waals surface area contributed by atoms with Crippen LogP contribution < -0.4 is 5.32 Å². The standard InChI is InChI=1S/C26H28N2OS/c1-17-12-13-22(18(2)16-17)27-26(29)28-15-14-21-20-10-6-7-11-23(20)30-25(21)24(28)19-8-4-3-5-9-19/h3-5,8-9,12-13,16,24H,6-7,10-11,14-15H2,1-2H3,(H,27,29). The normalized spacial score (nSPS) is 17.9. The van der Waals surface area contributed by atoms with Crippen molar-refractivity contribution in [1.82, 2.24) is 4.90 Å². The number of thiophene rings is 1. The molecule has 3 aromatic rings. The van der Waals surface area contributed by atoms with E-state index >= 15 is 0 Å². The number of anilines is 1. The second-order valence-corrected chi connectivity index (χ2v) is 9.70. The van der Waals surface area contributed by atoms with Crippen molar-refractivity contribution in [2.24, 2.45) is 0 Å². The van der Waals surface area contributed by atoms with E-state index in [0.717, 1.165) is 24.2 Å². The highest BCUT2D eigenvalue weighted by Crippen LogP contribution is 2.45. The average Bonchev–Trinajstić information content (AvgIpc) is 3.14. The fraction of sp³-hybridized carbons (Fsp3) is 0.346. The summed E-state index contributed by atoms with van der Waals surface area (Å²) in [5, 5.41) is 3.19. The molecule has 3 nitrogen and oxygen atoms in total. The largest absolute Gasteiger partial charge is 0.322 e. The first-order valence-electron chi connectivity index (χ1n) is 10.9. The van der Waals surface area contributed by atoms with Crippen molar-refractivity contribution in [1.29, 1.82) is 0 Å². The zero-order chi connectivity index (χ0) is 20.7. The van der Waals surface area contributed by atoms with Crippen LogP contribution in [0.25, 0.3) is 0 Å². The summed E-state index contributed by atoms with van der Waals surface area (Å²) in [6.45, 7) is 4.89. The molecule has 0 fully saturated rings. The van der Waals surface area contributed by atoms with Gasteiger partial charge in [0, 0.05) is 22.0 Å². The van der Waals surface area contributed by atoms with Gasteiger partial charge in [0.05, 0.1) is 6.04 Å². The predicted molar refractivity (Wildman–Crippen MR) is 125 cm³/mol. The minimum atomic E-state index is -0.00664. The SMILES string of the molecule is Cc1ccc(NC(=O)N2CCc3c(sc4c3CCCC4)C2c2ccccc2)c(C)c1. The minimum absolute atomic E-state index is 0.00342. The number of benzene rings is 2. The number of aryl methyl sites for hydroxylation is 3. The van der Waals surface area contributed by atoms with Gasteiger partial charge in [0.1, 0.15) is 0 Å². The third-order valence-electron chi connectivity index (χ3n) is 6.47. The van der Waals surface area contributed by atoms with Crippen LogP contribution in [-0.2, 0) is 19.3 Å². The highest BCUT2D eigenvalue weighted by molar-refractivity contribution is 7.12. The van der Waals surface area contributed by atoms with Gasteiger partial charge in [-0.25, -0.2) is 4.79 Å². The van der Waals surface area contributed by atoms with E-state index in [2.05, 4.69) is 55.6 Å². The number of hydrogen-bond donors (Lipinski definition) is 1. The molecule has 1 aliphatic heterocycles. The van der Waals surface area contributed by atoms with Gasteiger partial charge in [-0.3, -0.25) is 0 Å². The quantitative estimate of drug-likeness (QED) is 0.513. The molecular weight excluding hydrogens is 388 g/mol. The van der Waals surface area contributed by atoms with Gasteiger partial charge in [0.15, 0.2) is 0 Å². The van der Waals surface area contributed by atoms with Crippen LogP contribution in [0.5, 0.6) is 0 Å². The van der Waals surface area contributed by atoms with Crippen molar-refractivity contribution in [3.8, 4) is 0 Å². The van der Waals surface area contributed by atoms with E-state index in [4.69, 9.17) is 0 Å². The molecule has 0 spiro atoms. The van der Waals surface area contributed by atoms with Gasteiger partial charge in [-0.1, -0.05) is 48.0 Å². The number of rotatable bonds is 2. The molecule has 2 heterocycles. The molecule has 2 aliphatic rings. The molecule has 30 heavy (non-hydrogen) atoms. The Morgan fingerprint density at radius 1 is 1.00 bits per heavy atom. The molecule has 2 amide bonds. The molecule has 154 valence electrons. The van der Waals surface area contributed by atoms with Crippen LogP contribution in [0.1, 0.15) is 56.5 Å². The molecular formula is C26H28N2OS. The van der Waals surface area contributed by atoms with Gasteiger partial charge in [-0.15, -0.1) is 11.3 Å². The van der Waals surface area contributed by atoms with E-state index in [1.807, 2.05) is 28.4 Å². The van der Waals surface area contributed by atoms with Crippen molar-refractivity contribution in [3.63, 3.8) is 0 Å². The Balaban J connectivity index is 1.53. The second-order valence-electron chi connectivity index (χ2n) is 8.56. The van der Waals surface area contributed by atoms with Crippen molar-refractivity contribution in [3.05, 3.63) is 86.1 Å². The third kappa shape index (κ3) is 3.43. The van der Waals surface area contributed by atoms with E-state index in [-0.39, 0.29) is 12.1 Å². The Labute approximate surface area is 182 Å². The summed E-state index contributed by atoms with van der Waals surface area (Å²) in [4.78, 5) is 18.4. The van der Waals surface area contributed by atoms with Crippen LogP contribution >= 0.6 is 11.3 Å². The summed E-state index contributed by atoms with van der Waals surface area (Å²) in [6.07, 6.45) is 5.95. The summed E-state index contributed by atoms with van der Waals surface area (Å²) in [7, 11) is 0. The molecule has 1 N–H and O–H groups in total. The maximum absolute atomic E-state index is 13.5. The van der Waals surface area contributed by atoms with Crippen LogP contribution in [-0.4, -0.2) is 17.5 Å². The molecule has 0 bridgehead atoms. The number of nitrogens with zero attached hydrogens (tertiary/aromatic N) is 1. The average molecular weight is 417 g/mol. The highest BCUT2D eigenvalue weighted by Gasteiger charge is 2.36. The maximum atomic E-state index is 13.5. The van der Waals surface area contributed by atoms with Crippen LogP contribution in [0.2, 0.25) is 0 Å².